The summed E-state index contributed by atoms with van der Waals surface area (Å²) in [6.07, 6.45) is 5.63. The highest BCUT2D eigenvalue weighted by Crippen LogP contribution is 2.48. The maximum absolute atomic E-state index is 4.67. The van der Waals surface area contributed by atoms with Gasteiger partial charge >= 0.3 is 0 Å². The number of aromatic nitrogens is 3. The first-order valence-electron chi connectivity index (χ1n) is 20.5. The molecule has 3 nitrogen and oxygen atoms in total. The molecule has 0 unspecified atom stereocenters. The lowest BCUT2D eigenvalue weighted by atomic mass is 9.90. The standard InChI is InChI=1S/C57H33N3/c1-4-49-52-31-40(55(49)58-25-1)19-22-46(52)37-13-7-34(8-14-37)43-28-44(35-9-15-38(16-10-35)47-23-20-41-32-53(47)50-5-2-26-59-56(41)50)30-45(29-43)36-11-17-39(18-12-36)48-24-21-42-33-54(48)51-6-3-27-60-57(42)51/h1-33H. The summed E-state index contributed by atoms with van der Waals surface area (Å²) in [6.45, 7) is 0. The van der Waals surface area contributed by atoms with E-state index in [2.05, 4.69) is 179 Å². The minimum atomic E-state index is 1.07. The minimum absolute atomic E-state index is 1.07. The minimum Gasteiger partial charge on any atom is -0.256 e. The van der Waals surface area contributed by atoms with Crippen molar-refractivity contribution >= 4 is 0 Å². The van der Waals surface area contributed by atoms with Crippen LogP contribution in [0.1, 0.15) is 0 Å². The molecule has 0 N–H and O–H groups in total. The van der Waals surface area contributed by atoms with Crippen LogP contribution in [0.3, 0.4) is 0 Å². The number of nitrogens with zero attached hydrogens (tertiary/aromatic N) is 3. The number of hydrogen-bond donors (Lipinski definition) is 0. The normalized spacial score (nSPS) is 12.0. The molecule has 6 bridgehead atoms. The molecular weight excluding hydrogens is 727 g/mol. The van der Waals surface area contributed by atoms with Crippen LogP contribution in [0.25, 0.3) is 134 Å². The van der Waals surface area contributed by atoms with E-state index in [0.717, 1.165) is 17.1 Å². The molecule has 0 saturated heterocycles. The molecule has 0 atom stereocenters. The number of benzene rings is 7. The van der Waals surface area contributed by atoms with Gasteiger partial charge in [-0.3, -0.25) is 15.0 Å². The number of hydrogen-bond acceptors (Lipinski definition) is 3. The third-order valence-corrected chi connectivity index (χ3v) is 12.7. The molecule has 60 heavy (non-hydrogen) atoms. The second kappa shape index (κ2) is 12.7. The van der Waals surface area contributed by atoms with Gasteiger partial charge in [-0.15, -0.1) is 0 Å². The van der Waals surface area contributed by atoms with E-state index in [1.54, 1.807) is 0 Å². The molecule has 276 valence electrons. The van der Waals surface area contributed by atoms with Crippen LogP contribution in [0, 0.1) is 0 Å². The van der Waals surface area contributed by atoms with Gasteiger partial charge in [-0.25, -0.2) is 0 Å². The Balaban J connectivity index is 0.882. The van der Waals surface area contributed by atoms with Crippen molar-refractivity contribution in [2.45, 2.75) is 0 Å². The molecule has 0 fully saturated rings. The molecule has 0 saturated carbocycles. The SMILES string of the molecule is c1cnc2c(c1)-c1cc-2ccc1-c1ccc(-c2cc(-c3ccc(-c4ccc5cc4-c4cccnc4-5)cc3)cc(-c3ccc(-c4ccc5cc4-c4cccnc4-5)cc3)c2)cc1. The molecule has 0 amide bonds. The van der Waals surface area contributed by atoms with Gasteiger partial charge < -0.3 is 0 Å². The molecule has 3 aliphatic rings. The van der Waals surface area contributed by atoms with Crippen LogP contribution < -0.4 is 0 Å². The lowest BCUT2D eigenvalue weighted by Crippen LogP contribution is -1.88. The van der Waals surface area contributed by atoms with E-state index in [4.69, 9.17) is 0 Å². The topological polar surface area (TPSA) is 38.7 Å². The van der Waals surface area contributed by atoms with Crippen LogP contribution in [0.2, 0.25) is 0 Å². The van der Waals surface area contributed by atoms with Gasteiger partial charge in [0.1, 0.15) is 0 Å². The van der Waals surface area contributed by atoms with Crippen LogP contribution in [0.15, 0.2) is 201 Å². The molecule has 10 aromatic rings. The first kappa shape index (κ1) is 33.0. The van der Waals surface area contributed by atoms with E-state index in [9.17, 15) is 0 Å². The van der Waals surface area contributed by atoms with Crippen LogP contribution in [0.5, 0.6) is 0 Å². The van der Waals surface area contributed by atoms with E-state index >= 15 is 0 Å². The summed E-state index contributed by atoms with van der Waals surface area (Å²) in [6, 6.07) is 66.9. The van der Waals surface area contributed by atoms with Crippen molar-refractivity contribution < 1.29 is 0 Å². The molecule has 0 aliphatic heterocycles. The van der Waals surface area contributed by atoms with Gasteiger partial charge in [0, 0.05) is 52.0 Å². The van der Waals surface area contributed by atoms with Crippen LogP contribution in [0.4, 0.5) is 0 Å². The summed E-state index contributed by atoms with van der Waals surface area (Å²) < 4.78 is 0. The Kier molecular flexibility index (Phi) is 7.01. The Morgan fingerprint density at radius 2 is 0.450 bits per heavy atom. The lowest BCUT2D eigenvalue weighted by molar-refractivity contribution is 1.35. The predicted molar refractivity (Wildman–Crippen MR) is 246 cm³/mol. The fourth-order valence-corrected chi connectivity index (χ4v) is 9.71. The monoisotopic (exact) mass is 759 g/mol. The zero-order valence-electron chi connectivity index (χ0n) is 32.4. The van der Waals surface area contributed by atoms with Crippen LogP contribution in [-0.4, -0.2) is 15.0 Å². The third-order valence-electron chi connectivity index (χ3n) is 12.7. The van der Waals surface area contributed by atoms with Crippen LogP contribution >= 0.6 is 0 Å². The van der Waals surface area contributed by atoms with Crippen molar-refractivity contribution in [1.29, 1.82) is 0 Å². The summed E-state index contributed by atoms with van der Waals surface area (Å²) in [5, 5.41) is 0. The zero-order chi connectivity index (χ0) is 39.3. The van der Waals surface area contributed by atoms with Crippen molar-refractivity contribution in [3.63, 3.8) is 0 Å². The van der Waals surface area contributed by atoms with E-state index < -0.39 is 0 Å². The summed E-state index contributed by atoms with van der Waals surface area (Å²) in [7, 11) is 0. The molecule has 7 aromatic carbocycles. The van der Waals surface area contributed by atoms with E-state index in [-0.39, 0.29) is 0 Å². The van der Waals surface area contributed by atoms with Crippen molar-refractivity contribution in [2.24, 2.45) is 0 Å². The number of pyridine rings is 3. The zero-order valence-corrected chi connectivity index (χ0v) is 32.4. The lowest BCUT2D eigenvalue weighted by Gasteiger charge is -2.14. The first-order valence-corrected chi connectivity index (χ1v) is 20.5. The maximum Gasteiger partial charge on any atom is 0.0780 e. The first-order chi connectivity index (χ1) is 29.7. The highest BCUT2D eigenvalue weighted by atomic mass is 14.7. The van der Waals surface area contributed by atoms with Crippen molar-refractivity contribution in [3.8, 4) is 134 Å². The molecule has 3 aromatic heterocycles. The fraction of sp³-hybridized carbons (Fsp3) is 0. The second-order valence-electron chi connectivity index (χ2n) is 16.0. The molecule has 3 aliphatic carbocycles. The largest absolute Gasteiger partial charge is 0.256 e. The van der Waals surface area contributed by atoms with Gasteiger partial charge in [-0.2, -0.15) is 0 Å². The molecule has 3 heterocycles. The number of rotatable bonds is 6. The molecular formula is C57H33N3. The summed E-state index contributed by atoms with van der Waals surface area (Å²) in [4.78, 5) is 14.0. The van der Waals surface area contributed by atoms with Crippen molar-refractivity contribution in [3.05, 3.63) is 201 Å². The second-order valence-corrected chi connectivity index (χ2v) is 16.0. The van der Waals surface area contributed by atoms with Crippen molar-refractivity contribution in [2.75, 3.05) is 0 Å². The third kappa shape index (κ3) is 5.06. The van der Waals surface area contributed by atoms with E-state index in [0.29, 0.717) is 0 Å². The molecule has 0 radical (unpaired) electrons. The Morgan fingerprint density at radius 1 is 0.183 bits per heavy atom. The predicted octanol–water partition coefficient (Wildman–Crippen LogP) is 14.8. The van der Waals surface area contributed by atoms with E-state index in [1.165, 1.54) is 117 Å². The number of fused-ring (bicyclic) bond motifs is 15. The van der Waals surface area contributed by atoms with Gasteiger partial charge in [-0.1, -0.05) is 127 Å². The smallest absolute Gasteiger partial charge is 0.0780 e. The van der Waals surface area contributed by atoms with Gasteiger partial charge in [0.25, 0.3) is 0 Å². The highest BCUT2D eigenvalue weighted by molar-refractivity contribution is 6.00. The Hall–Kier alpha value is -8.01. The van der Waals surface area contributed by atoms with Gasteiger partial charge in [0.2, 0.25) is 0 Å². The Morgan fingerprint density at radius 3 is 0.750 bits per heavy atom. The average Bonchev–Trinajstić information content (AvgIpc) is 3.90. The summed E-state index contributed by atoms with van der Waals surface area (Å²) >= 11 is 0. The highest BCUT2D eigenvalue weighted by Gasteiger charge is 2.23. The Bertz CT molecular complexity index is 3020. The summed E-state index contributed by atoms with van der Waals surface area (Å²) in [5.41, 5.74) is 28.5. The Labute approximate surface area is 348 Å². The summed E-state index contributed by atoms with van der Waals surface area (Å²) in [5.74, 6) is 0. The molecule has 0 spiro atoms. The molecule has 3 heteroatoms. The van der Waals surface area contributed by atoms with Gasteiger partial charge in [0.15, 0.2) is 0 Å². The fourth-order valence-electron chi connectivity index (χ4n) is 9.71. The van der Waals surface area contributed by atoms with E-state index in [1.807, 2.05) is 36.8 Å². The van der Waals surface area contributed by atoms with Crippen LogP contribution in [-0.2, 0) is 0 Å². The average molecular weight is 760 g/mol. The van der Waals surface area contributed by atoms with Gasteiger partial charge in [0.05, 0.1) is 17.1 Å². The van der Waals surface area contributed by atoms with Crippen molar-refractivity contribution in [1.82, 2.24) is 15.0 Å². The maximum atomic E-state index is 4.67. The van der Waals surface area contributed by atoms with Gasteiger partial charge in [-0.05, 0) is 138 Å². The quantitative estimate of drug-likeness (QED) is 0.169. The molecule has 13 rings (SSSR count).